The third kappa shape index (κ3) is 5.28. The van der Waals surface area contributed by atoms with Gasteiger partial charge in [0.2, 0.25) is 0 Å². The summed E-state index contributed by atoms with van der Waals surface area (Å²) in [6, 6.07) is 3.47. The van der Waals surface area contributed by atoms with Gasteiger partial charge in [0.25, 0.3) is 5.91 Å². The summed E-state index contributed by atoms with van der Waals surface area (Å²) in [7, 11) is 1.49. The van der Waals surface area contributed by atoms with Crippen molar-refractivity contribution in [2.75, 3.05) is 20.3 Å². The molecule has 0 atom stereocenters. The normalized spacial score (nSPS) is 10.2. The van der Waals surface area contributed by atoms with Gasteiger partial charge in [-0.3, -0.25) is 4.79 Å². The Hall–Kier alpha value is -1.43. The molecule has 0 saturated carbocycles. The monoisotopic (exact) mass is 318 g/mol. The number of hydrogen-bond acceptors (Lipinski definition) is 4. The maximum Gasteiger partial charge on any atom is 0.255 e. The second kappa shape index (κ2) is 7.99. The minimum Gasteiger partial charge on any atom is -0.493 e. The number of nitrogens with one attached hydrogen (secondary N) is 1. The number of carbonyl (C=O) groups is 1. The van der Waals surface area contributed by atoms with Crippen LogP contribution in [-0.4, -0.2) is 26.2 Å². The van der Waals surface area contributed by atoms with Crippen LogP contribution in [0.5, 0.6) is 11.5 Å². The van der Waals surface area contributed by atoms with E-state index < -0.39 is 5.91 Å². The Labute approximate surface area is 127 Å². The number of methoxy groups -OCH3 is 1. The van der Waals surface area contributed by atoms with Crippen molar-refractivity contribution >= 4 is 29.1 Å². The Morgan fingerprint density at radius 3 is 2.75 bits per heavy atom. The average Bonchev–Trinajstić information content (AvgIpc) is 2.36. The summed E-state index contributed by atoms with van der Waals surface area (Å²) in [6.07, 6.45) is 0. The van der Waals surface area contributed by atoms with E-state index in [4.69, 9.17) is 38.4 Å². The number of halogens is 2. The molecule has 0 aliphatic carbocycles. The summed E-state index contributed by atoms with van der Waals surface area (Å²) >= 11 is 11.8. The van der Waals surface area contributed by atoms with Crippen LogP contribution >= 0.6 is 23.2 Å². The van der Waals surface area contributed by atoms with Crippen LogP contribution in [0.15, 0.2) is 23.7 Å². The third-order valence-corrected chi connectivity index (χ3v) is 2.71. The molecule has 110 valence electrons. The fourth-order valence-corrected chi connectivity index (χ4v) is 1.88. The first-order valence-corrected chi connectivity index (χ1v) is 6.51. The van der Waals surface area contributed by atoms with E-state index in [-0.39, 0.29) is 6.61 Å². The van der Waals surface area contributed by atoms with E-state index >= 15 is 0 Å². The lowest BCUT2D eigenvalue weighted by atomic mass is 10.2. The van der Waals surface area contributed by atoms with Crippen molar-refractivity contribution in [1.29, 1.82) is 0 Å². The van der Waals surface area contributed by atoms with E-state index in [1.807, 2.05) is 0 Å². The molecule has 0 aliphatic rings. The lowest BCUT2D eigenvalue weighted by Crippen LogP contribution is -2.20. The molecule has 1 amide bonds. The minimum atomic E-state index is -0.588. The highest BCUT2D eigenvalue weighted by Gasteiger charge is 2.13. The Balaban J connectivity index is 2.83. The molecule has 1 aromatic rings. The SMILES string of the molecule is C=C(Cl)CNCc1cc(Cl)c(OCC(N)=O)c(OC)c1. The predicted octanol–water partition coefficient (Wildman–Crippen LogP) is 2.05. The van der Waals surface area contributed by atoms with Gasteiger partial charge >= 0.3 is 0 Å². The summed E-state index contributed by atoms with van der Waals surface area (Å²) in [6.45, 7) is 4.34. The highest BCUT2D eigenvalue weighted by atomic mass is 35.5. The van der Waals surface area contributed by atoms with E-state index in [0.29, 0.717) is 34.6 Å². The maximum absolute atomic E-state index is 10.7. The van der Waals surface area contributed by atoms with Gasteiger partial charge in [-0.2, -0.15) is 0 Å². The Morgan fingerprint density at radius 2 is 2.20 bits per heavy atom. The van der Waals surface area contributed by atoms with Gasteiger partial charge in [-0.25, -0.2) is 0 Å². The molecule has 0 spiro atoms. The number of carbonyl (C=O) groups excluding carboxylic acids is 1. The molecule has 5 nitrogen and oxygen atoms in total. The molecule has 7 heteroatoms. The second-order valence-electron chi connectivity index (χ2n) is 3.98. The van der Waals surface area contributed by atoms with Crippen molar-refractivity contribution in [2.45, 2.75) is 6.54 Å². The van der Waals surface area contributed by atoms with Gasteiger partial charge in [-0.15, -0.1) is 0 Å². The van der Waals surface area contributed by atoms with Gasteiger partial charge in [-0.1, -0.05) is 29.8 Å². The predicted molar refractivity (Wildman–Crippen MR) is 79.4 cm³/mol. The topological polar surface area (TPSA) is 73.6 Å². The molecule has 20 heavy (non-hydrogen) atoms. The van der Waals surface area contributed by atoms with E-state index in [9.17, 15) is 4.79 Å². The van der Waals surface area contributed by atoms with Crippen molar-refractivity contribution in [3.63, 3.8) is 0 Å². The number of hydrogen-bond donors (Lipinski definition) is 2. The van der Waals surface area contributed by atoms with Crippen LogP contribution in [-0.2, 0) is 11.3 Å². The van der Waals surface area contributed by atoms with E-state index in [0.717, 1.165) is 5.56 Å². The maximum atomic E-state index is 10.7. The van der Waals surface area contributed by atoms with Crippen LogP contribution in [0.25, 0.3) is 0 Å². The number of primary amides is 1. The number of ether oxygens (including phenoxy) is 2. The molecule has 0 bridgehead atoms. The molecule has 0 fully saturated rings. The molecule has 0 heterocycles. The minimum absolute atomic E-state index is 0.264. The zero-order valence-corrected chi connectivity index (χ0v) is 12.6. The van der Waals surface area contributed by atoms with Gasteiger partial charge in [0, 0.05) is 18.1 Å². The van der Waals surface area contributed by atoms with E-state index in [1.165, 1.54) is 7.11 Å². The van der Waals surface area contributed by atoms with Gasteiger partial charge in [0.15, 0.2) is 18.1 Å². The van der Waals surface area contributed by atoms with Gasteiger partial charge in [-0.05, 0) is 17.7 Å². The molecular weight excluding hydrogens is 303 g/mol. The Morgan fingerprint density at radius 1 is 1.50 bits per heavy atom. The van der Waals surface area contributed by atoms with Gasteiger partial charge in [0.1, 0.15) is 0 Å². The molecule has 0 unspecified atom stereocenters. The van der Waals surface area contributed by atoms with Gasteiger partial charge in [0.05, 0.1) is 12.1 Å². The Bertz CT molecular complexity index is 507. The van der Waals surface area contributed by atoms with Gasteiger partial charge < -0.3 is 20.5 Å². The second-order valence-corrected chi connectivity index (χ2v) is 4.93. The van der Waals surface area contributed by atoms with Crippen LogP contribution in [0.1, 0.15) is 5.56 Å². The first kappa shape index (κ1) is 16.6. The number of nitrogens with two attached hydrogens (primary N) is 1. The van der Waals surface area contributed by atoms with Crippen LogP contribution in [0.2, 0.25) is 5.02 Å². The van der Waals surface area contributed by atoms with Crippen molar-refractivity contribution in [2.24, 2.45) is 5.73 Å². The van der Waals surface area contributed by atoms with Crippen LogP contribution in [0.3, 0.4) is 0 Å². The highest BCUT2D eigenvalue weighted by Crippen LogP contribution is 2.36. The van der Waals surface area contributed by atoms with E-state index in [2.05, 4.69) is 11.9 Å². The summed E-state index contributed by atoms with van der Waals surface area (Å²) in [5.41, 5.74) is 5.91. The molecule has 0 aromatic heterocycles. The quantitative estimate of drug-likeness (QED) is 0.769. The average molecular weight is 319 g/mol. The Kier molecular flexibility index (Phi) is 6.64. The van der Waals surface area contributed by atoms with Crippen LogP contribution in [0, 0.1) is 0 Å². The summed E-state index contributed by atoms with van der Waals surface area (Å²) in [5.74, 6) is 0.133. The molecular formula is C13H16Cl2N2O3. The smallest absolute Gasteiger partial charge is 0.255 e. The summed E-state index contributed by atoms with van der Waals surface area (Å²) < 4.78 is 10.4. The van der Waals surface area contributed by atoms with Crippen LogP contribution in [0.4, 0.5) is 0 Å². The first-order chi connectivity index (χ1) is 9.43. The first-order valence-electron chi connectivity index (χ1n) is 5.75. The standard InChI is InChI=1S/C13H16Cl2N2O3/c1-8(14)5-17-6-9-3-10(15)13(11(4-9)19-2)20-7-12(16)18/h3-4,17H,1,5-7H2,2H3,(H2,16,18). The fourth-order valence-electron chi connectivity index (χ4n) is 1.50. The van der Waals surface area contributed by atoms with Crippen molar-refractivity contribution in [1.82, 2.24) is 5.32 Å². The molecule has 1 rings (SSSR count). The van der Waals surface area contributed by atoms with Crippen LogP contribution < -0.4 is 20.5 Å². The largest absolute Gasteiger partial charge is 0.493 e. The highest BCUT2D eigenvalue weighted by molar-refractivity contribution is 6.32. The zero-order valence-electron chi connectivity index (χ0n) is 11.0. The number of rotatable bonds is 8. The fraction of sp³-hybridized carbons (Fsp3) is 0.308. The molecule has 1 aromatic carbocycles. The molecule has 0 radical (unpaired) electrons. The van der Waals surface area contributed by atoms with Crippen molar-refractivity contribution in [3.05, 3.63) is 34.3 Å². The summed E-state index contributed by atoms with van der Waals surface area (Å²) in [5, 5.41) is 3.95. The van der Waals surface area contributed by atoms with Crippen molar-refractivity contribution < 1.29 is 14.3 Å². The zero-order chi connectivity index (χ0) is 15.1. The number of amides is 1. The number of benzene rings is 1. The lowest BCUT2D eigenvalue weighted by molar-refractivity contribution is -0.119. The molecule has 3 N–H and O–H groups in total. The summed E-state index contributed by atoms with van der Waals surface area (Å²) in [4.78, 5) is 10.7. The molecule has 0 saturated heterocycles. The van der Waals surface area contributed by atoms with Crippen molar-refractivity contribution in [3.8, 4) is 11.5 Å². The van der Waals surface area contributed by atoms with E-state index in [1.54, 1.807) is 12.1 Å². The lowest BCUT2D eigenvalue weighted by Gasteiger charge is -2.13. The molecule has 0 aliphatic heterocycles. The third-order valence-electron chi connectivity index (χ3n) is 2.29.